The standard InChI is InChI=1S/C21H27F2N7O/c22-21(23)12-20(5-8-28(9-6-20)10-7-24)29(13-21)11-15-1-4-18(31-15)16-2-3-17-19(25)26-14-27-30(16)17/h2-3,14-15,18H,1,4-6,8-13H2,(H2,25,26,27)/t15-,18+/m0/s1. The van der Waals surface area contributed by atoms with Gasteiger partial charge in [0.1, 0.15) is 17.9 Å². The molecule has 0 aromatic carbocycles. The Hall–Kier alpha value is -2.35. The lowest BCUT2D eigenvalue weighted by Crippen LogP contribution is -2.53. The van der Waals surface area contributed by atoms with E-state index in [2.05, 4.69) is 16.2 Å². The van der Waals surface area contributed by atoms with Crippen molar-refractivity contribution < 1.29 is 13.5 Å². The molecule has 1 spiro atoms. The van der Waals surface area contributed by atoms with Gasteiger partial charge in [-0.1, -0.05) is 0 Å². The number of hydrogen-bond acceptors (Lipinski definition) is 7. The van der Waals surface area contributed by atoms with Crippen LogP contribution in [0.3, 0.4) is 0 Å². The summed E-state index contributed by atoms with van der Waals surface area (Å²) in [7, 11) is 0. The second-order valence-electron chi connectivity index (χ2n) is 9.10. The number of alkyl halides is 2. The minimum absolute atomic E-state index is 0.0994. The van der Waals surface area contributed by atoms with Gasteiger partial charge < -0.3 is 10.5 Å². The maximum Gasteiger partial charge on any atom is 0.262 e. The smallest absolute Gasteiger partial charge is 0.262 e. The molecule has 5 rings (SSSR count). The number of rotatable bonds is 4. The number of fused-ring (bicyclic) bond motifs is 1. The van der Waals surface area contributed by atoms with Gasteiger partial charge >= 0.3 is 0 Å². The average molecular weight is 431 g/mol. The van der Waals surface area contributed by atoms with Crippen molar-refractivity contribution in [2.45, 2.75) is 55.8 Å². The van der Waals surface area contributed by atoms with Crippen molar-refractivity contribution in [1.29, 1.82) is 5.26 Å². The van der Waals surface area contributed by atoms with Crippen molar-refractivity contribution in [2.24, 2.45) is 0 Å². The Balaban J connectivity index is 1.28. The SMILES string of the molecule is N#CCN1CCC2(CC1)CC(F)(F)CN2C[C@@H]1CC[C@H](c2ccc3c(N)ncnn23)O1. The summed E-state index contributed by atoms with van der Waals surface area (Å²) >= 11 is 0. The summed E-state index contributed by atoms with van der Waals surface area (Å²) in [5.41, 5.74) is 7.08. The number of likely N-dealkylation sites (tertiary alicyclic amines) is 2. The monoisotopic (exact) mass is 431 g/mol. The van der Waals surface area contributed by atoms with E-state index in [1.807, 2.05) is 21.9 Å². The molecular weight excluding hydrogens is 404 g/mol. The van der Waals surface area contributed by atoms with Gasteiger partial charge in [0.2, 0.25) is 0 Å². The molecule has 166 valence electrons. The van der Waals surface area contributed by atoms with E-state index >= 15 is 0 Å². The third kappa shape index (κ3) is 3.75. The number of piperidine rings is 1. The highest BCUT2D eigenvalue weighted by Crippen LogP contribution is 2.46. The minimum Gasteiger partial charge on any atom is -0.382 e. The van der Waals surface area contributed by atoms with Crippen LogP contribution in [0.1, 0.15) is 43.9 Å². The van der Waals surface area contributed by atoms with Crippen LogP contribution in [-0.4, -0.2) is 74.7 Å². The van der Waals surface area contributed by atoms with Crippen LogP contribution in [0.25, 0.3) is 5.52 Å². The number of aromatic nitrogens is 3. The highest BCUT2D eigenvalue weighted by molar-refractivity contribution is 5.65. The molecule has 0 unspecified atom stereocenters. The van der Waals surface area contributed by atoms with Crippen molar-refractivity contribution in [3.63, 3.8) is 0 Å². The largest absolute Gasteiger partial charge is 0.382 e. The summed E-state index contributed by atoms with van der Waals surface area (Å²) in [4.78, 5) is 8.04. The predicted molar refractivity (Wildman–Crippen MR) is 109 cm³/mol. The van der Waals surface area contributed by atoms with Crippen LogP contribution in [0.2, 0.25) is 0 Å². The molecule has 3 aliphatic rings. The van der Waals surface area contributed by atoms with Gasteiger partial charge in [0.15, 0.2) is 5.82 Å². The Morgan fingerprint density at radius 1 is 1.26 bits per heavy atom. The predicted octanol–water partition coefficient (Wildman–Crippen LogP) is 2.23. The fourth-order valence-corrected chi connectivity index (χ4v) is 5.59. The van der Waals surface area contributed by atoms with E-state index in [0.29, 0.717) is 44.8 Å². The van der Waals surface area contributed by atoms with Crippen LogP contribution >= 0.6 is 0 Å². The quantitative estimate of drug-likeness (QED) is 0.742. The third-order valence-electron chi connectivity index (χ3n) is 7.13. The first-order valence-corrected chi connectivity index (χ1v) is 10.8. The molecule has 0 aliphatic carbocycles. The fraction of sp³-hybridized carbons (Fsp3) is 0.667. The normalized spacial score (nSPS) is 28.4. The molecule has 3 saturated heterocycles. The number of anilines is 1. The Morgan fingerprint density at radius 2 is 2.06 bits per heavy atom. The average Bonchev–Trinajstić information content (AvgIpc) is 3.41. The second kappa shape index (κ2) is 7.65. The van der Waals surface area contributed by atoms with Crippen LogP contribution in [0.5, 0.6) is 0 Å². The van der Waals surface area contributed by atoms with Gasteiger partial charge in [0.05, 0.1) is 31.0 Å². The van der Waals surface area contributed by atoms with Crippen molar-refractivity contribution in [3.8, 4) is 6.07 Å². The molecule has 5 heterocycles. The molecule has 2 N–H and O–H groups in total. The Kier molecular flexibility index (Phi) is 5.07. The first-order chi connectivity index (χ1) is 14.9. The van der Waals surface area contributed by atoms with Gasteiger partial charge in [-0.15, -0.1) is 0 Å². The van der Waals surface area contributed by atoms with E-state index in [-0.39, 0.29) is 25.2 Å². The number of nitrogen functional groups attached to an aromatic ring is 1. The Morgan fingerprint density at radius 3 is 2.84 bits per heavy atom. The van der Waals surface area contributed by atoms with Crippen LogP contribution in [0.15, 0.2) is 18.5 Å². The van der Waals surface area contributed by atoms with Gasteiger partial charge in [0.25, 0.3) is 5.92 Å². The molecule has 0 radical (unpaired) electrons. The lowest BCUT2D eigenvalue weighted by molar-refractivity contribution is -0.0162. The molecule has 0 bridgehead atoms. The van der Waals surface area contributed by atoms with Gasteiger partial charge in [-0.05, 0) is 37.8 Å². The molecular formula is C21H27F2N7O. The summed E-state index contributed by atoms with van der Waals surface area (Å²) in [5, 5.41) is 13.2. The van der Waals surface area contributed by atoms with Crippen LogP contribution in [0, 0.1) is 11.3 Å². The van der Waals surface area contributed by atoms with E-state index in [0.717, 1.165) is 24.1 Å². The first kappa shape index (κ1) is 20.5. The number of halogens is 2. The molecule has 0 saturated carbocycles. The zero-order valence-electron chi connectivity index (χ0n) is 17.4. The lowest BCUT2D eigenvalue weighted by Gasteiger charge is -2.44. The summed E-state index contributed by atoms with van der Waals surface area (Å²) in [6.07, 6.45) is 4.05. The zero-order chi connectivity index (χ0) is 21.6. The Bertz CT molecular complexity index is 995. The first-order valence-electron chi connectivity index (χ1n) is 10.8. The van der Waals surface area contributed by atoms with Crippen molar-refractivity contribution in [3.05, 3.63) is 24.2 Å². The van der Waals surface area contributed by atoms with Gasteiger partial charge in [-0.3, -0.25) is 9.80 Å². The lowest BCUT2D eigenvalue weighted by atomic mass is 9.84. The molecule has 10 heteroatoms. The number of ether oxygens (including phenoxy) is 1. The highest BCUT2D eigenvalue weighted by atomic mass is 19.3. The van der Waals surface area contributed by atoms with Crippen LogP contribution in [0.4, 0.5) is 14.6 Å². The molecule has 2 aromatic rings. The molecule has 2 aromatic heterocycles. The number of nitrogens with zero attached hydrogens (tertiary/aromatic N) is 6. The second-order valence-corrected chi connectivity index (χ2v) is 9.10. The maximum atomic E-state index is 14.5. The number of nitrogens with two attached hydrogens (primary N) is 1. The third-order valence-corrected chi connectivity index (χ3v) is 7.13. The van der Waals surface area contributed by atoms with Gasteiger partial charge in [-0.25, -0.2) is 18.3 Å². The van der Waals surface area contributed by atoms with E-state index in [1.165, 1.54) is 6.33 Å². The van der Waals surface area contributed by atoms with Crippen molar-refractivity contribution in [2.75, 3.05) is 38.5 Å². The summed E-state index contributed by atoms with van der Waals surface area (Å²) in [6, 6.07) is 5.99. The minimum atomic E-state index is -2.68. The number of nitriles is 1. The number of hydrogen-bond donors (Lipinski definition) is 1. The molecule has 0 amide bonds. The van der Waals surface area contributed by atoms with Crippen molar-refractivity contribution >= 4 is 11.3 Å². The van der Waals surface area contributed by atoms with E-state index in [4.69, 9.17) is 15.7 Å². The summed E-state index contributed by atoms with van der Waals surface area (Å²) in [6.45, 7) is 2.02. The topological polar surface area (TPSA) is 95.7 Å². The van der Waals surface area contributed by atoms with Gasteiger partial charge in [-0.2, -0.15) is 10.4 Å². The highest BCUT2D eigenvalue weighted by Gasteiger charge is 2.55. The van der Waals surface area contributed by atoms with E-state index in [9.17, 15) is 8.78 Å². The summed E-state index contributed by atoms with van der Waals surface area (Å²) in [5.74, 6) is -2.26. The summed E-state index contributed by atoms with van der Waals surface area (Å²) < 4.78 is 37.0. The van der Waals surface area contributed by atoms with Gasteiger partial charge in [0, 0.05) is 31.6 Å². The fourth-order valence-electron chi connectivity index (χ4n) is 5.59. The Labute approximate surface area is 179 Å². The molecule has 31 heavy (non-hydrogen) atoms. The zero-order valence-corrected chi connectivity index (χ0v) is 17.4. The molecule has 3 fully saturated rings. The van der Waals surface area contributed by atoms with E-state index in [1.54, 1.807) is 4.52 Å². The molecule has 8 nitrogen and oxygen atoms in total. The maximum absolute atomic E-state index is 14.5. The van der Waals surface area contributed by atoms with Crippen LogP contribution in [-0.2, 0) is 4.74 Å². The van der Waals surface area contributed by atoms with Crippen LogP contribution < -0.4 is 5.73 Å². The molecule has 2 atom stereocenters. The molecule has 3 aliphatic heterocycles. The van der Waals surface area contributed by atoms with E-state index < -0.39 is 11.5 Å². The van der Waals surface area contributed by atoms with Crippen molar-refractivity contribution in [1.82, 2.24) is 24.4 Å².